The molecule has 0 spiro atoms. The van der Waals surface area contributed by atoms with Gasteiger partial charge in [0.25, 0.3) is 0 Å². The third kappa shape index (κ3) is 3.48. The SMILES string of the molecule is CCCNC1CCCC(Sc2nnnn2C2CC2)C1. The highest BCUT2D eigenvalue weighted by molar-refractivity contribution is 7.99. The summed E-state index contributed by atoms with van der Waals surface area (Å²) in [5.74, 6) is 0. The Kier molecular flexibility index (Phi) is 4.38. The van der Waals surface area contributed by atoms with Crippen LogP contribution in [-0.4, -0.2) is 38.0 Å². The molecule has 1 heterocycles. The van der Waals surface area contributed by atoms with Gasteiger partial charge in [0.05, 0.1) is 6.04 Å². The van der Waals surface area contributed by atoms with Gasteiger partial charge >= 0.3 is 0 Å². The molecule has 1 aromatic rings. The first-order chi connectivity index (χ1) is 9.36. The Morgan fingerprint density at radius 3 is 3.00 bits per heavy atom. The summed E-state index contributed by atoms with van der Waals surface area (Å²) in [5, 5.41) is 17.5. The van der Waals surface area contributed by atoms with Crippen LogP contribution in [0.1, 0.15) is 57.9 Å². The molecule has 2 aliphatic rings. The first kappa shape index (κ1) is 13.4. The molecule has 106 valence electrons. The van der Waals surface area contributed by atoms with Crippen LogP contribution in [0.3, 0.4) is 0 Å². The van der Waals surface area contributed by atoms with E-state index in [4.69, 9.17) is 0 Å². The lowest BCUT2D eigenvalue weighted by Crippen LogP contribution is -2.35. The Labute approximate surface area is 118 Å². The van der Waals surface area contributed by atoms with Gasteiger partial charge in [-0.1, -0.05) is 25.1 Å². The molecule has 0 amide bonds. The fourth-order valence-corrected chi connectivity index (χ4v) is 4.03. The average molecular weight is 281 g/mol. The van der Waals surface area contributed by atoms with E-state index in [9.17, 15) is 0 Å². The molecule has 0 aliphatic heterocycles. The maximum atomic E-state index is 4.20. The minimum atomic E-state index is 0.579. The molecule has 0 aromatic carbocycles. The van der Waals surface area contributed by atoms with Crippen molar-refractivity contribution in [1.29, 1.82) is 0 Å². The normalized spacial score (nSPS) is 27.6. The van der Waals surface area contributed by atoms with Crippen LogP contribution < -0.4 is 5.32 Å². The monoisotopic (exact) mass is 281 g/mol. The summed E-state index contributed by atoms with van der Waals surface area (Å²) >= 11 is 1.89. The van der Waals surface area contributed by atoms with Crippen LogP contribution >= 0.6 is 11.8 Å². The largest absolute Gasteiger partial charge is 0.314 e. The molecular formula is C13H23N5S. The smallest absolute Gasteiger partial charge is 0.209 e. The summed E-state index contributed by atoms with van der Waals surface area (Å²) in [6.07, 6.45) is 8.89. The number of nitrogens with one attached hydrogen (secondary N) is 1. The third-order valence-corrected chi connectivity index (χ3v) is 5.18. The Morgan fingerprint density at radius 1 is 1.32 bits per heavy atom. The van der Waals surface area contributed by atoms with Crippen LogP contribution in [-0.2, 0) is 0 Å². The van der Waals surface area contributed by atoms with Crippen LogP contribution in [0.15, 0.2) is 5.16 Å². The zero-order valence-electron chi connectivity index (χ0n) is 11.6. The second-order valence-corrected chi connectivity index (χ2v) is 6.96. The van der Waals surface area contributed by atoms with Crippen molar-refractivity contribution < 1.29 is 0 Å². The van der Waals surface area contributed by atoms with Crippen molar-refractivity contribution in [2.75, 3.05) is 6.54 Å². The van der Waals surface area contributed by atoms with Gasteiger partial charge in [-0.05, 0) is 55.5 Å². The van der Waals surface area contributed by atoms with E-state index >= 15 is 0 Å². The lowest BCUT2D eigenvalue weighted by molar-refractivity contribution is 0.381. The average Bonchev–Trinajstić information content (AvgIpc) is 3.18. The molecule has 19 heavy (non-hydrogen) atoms. The quantitative estimate of drug-likeness (QED) is 0.868. The molecule has 6 heteroatoms. The third-order valence-electron chi connectivity index (χ3n) is 3.94. The molecule has 0 radical (unpaired) electrons. The lowest BCUT2D eigenvalue weighted by Gasteiger charge is -2.29. The van der Waals surface area contributed by atoms with Crippen LogP contribution in [0.4, 0.5) is 0 Å². The number of aromatic nitrogens is 4. The summed E-state index contributed by atoms with van der Waals surface area (Å²) in [6.45, 7) is 3.37. The molecule has 1 aromatic heterocycles. The molecule has 2 fully saturated rings. The van der Waals surface area contributed by atoms with Crippen molar-refractivity contribution in [3.8, 4) is 0 Å². The fraction of sp³-hybridized carbons (Fsp3) is 0.923. The molecule has 2 aliphatic carbocycles. The minimum Gasteiger partial charge on any atom is -0.314 e. The topological polar surface area (TPSA) is 55.6 Å². The molecule has 1 N–H and O–H groups in total. The highest BCUT2D eigenvalue weighted by Gasteiger charge is 2.30. The standard InChI is InChI=1S/C13H23N5S/c1-2-8-14-10-4-3-5-12(9-10)19-13-15-16-17-18(13)11-6-7-11/h10-12,14H,2-9H2,1H3. The van der Waals surface area contributed by atoms with Gasteiger partial charge in [-0.3, -0.25) is 0 Å². The number of nitrogens with zero attached hydrogens (tertiary/aromatic N) is 4. The van der Waals surface area contributed by atoms with E-state index in [2.05, 4.69) is 27.8 Å². The van der Waals surface area contributed by atoms with Crippen molar-refractivity contribution in [3.05, 3.63) is 0 Å². The van der Waals surface area contributed by atoms with E-state index in [1.807, 2.05) is 16.4 Å². The van der Waals surface area contributed by atoms with Gasteiger partial charge in [0.1, 0.15) is 0 Å². The van der Waals surface area contributed by atoms with Crippen molar-refractivity contribution in [2.45, 2.75) is 74.4 Å². The van der Waals surface area contributed by atoms with Gasteiger partial charge in [0.15, 0.2) is 0 Å². The molecule has 2 saturated carbocycles. The zero-order valence-corrected chi connectivity index (χ0v) is 12.4. The van der Waals surface area contributed by atoms with Gasteiger partial charge in [0, 0.05) is 11.3 Å². The van der Waals surface area contributed by atoms with Gasteiger partial charge < -0.3 is 5.32 Å². The van der Waals surface area contributed by atoms with Crippen molar-refractivity contribution in [2.24, 2.45) is 0 Å². The maximum absolute atomic E-state index is 4.20. The number of rotatable bonds is 6. The summed E-state index contributed by atoms with van der Waals surface area (Å²) < 4.78 is 2.04. The van der Waals surface area contributed by atoms with E-state index in [1.165, 1.54) is 44.9 Å². The number of hydrogen-bond donors (Lipinski definition) is 1. The maximum Gasteiger partial charge on any atom is 0.209 e. The minimum absolute atomic E-state index is 0.579. The molecule has 0 bridgehead atoms. The first-order valence-electron chi connectivity index (χ1n) is 7.54. The van der Waals surface area contributed by atoms with Crippen LogP contribution in [0.2, 0.25) is 0 Å². The van der Waals surface area contributed by atoms with E-state index < -0.39 is 0 Å². The molecule has 3 rings (SSSR count). The summed E-state index contributed by atoms with van der Waals surface area (Å²) in [7, 11) is 0. The van der Waals surface area contributed by atoms with Crippen LogP contribution in [0, 0.1) is 0 Å². The number of thioether (sulfide) groups is 1. The summed E-state index contributed by atoms with van der Waals surface area (Å²) in [4.78, 5) is 0. The highest BCUT2D eigenvalue weighted by atomic mass is 32.2. The Hall–Kier alpha value is -0.620. The number of tetrazole rings is 1. The molecule has 0 saturated heterocycles. The fourth-order valence-electron chi connectivity index (χ4n) is 2.75. The predicted molar refractivity (Wildman–Crippen MR) is 76.3 cm³/mol. The Balaban J connectivity index is 1.55. The van der Waals surface area contributed by atoms with Crippen LogP contribution in [0.5, 0.6) is 0 Å². The van der Waals surface area contributed by atoms with Crippen molar-refractivity contribution in [1.82, 2.24) is 25.5 Å². The lowest BCUT2D eigenvalue weighted by atomic mass is 9.95. The van der Waals surface area contributed by atoms with E-state index in [0.29, 0.717) is 17.3 Å². The van der Waals surface area contributed by atoms with Crippen molar-refractivity contribution >= 4 is 11.8 Å². The van der Waals surface area contributed by atoms with Crippen molar-refractivity contribution in [3.63, 3.8) is 0 Å². The van der Waals surface area contributed by atoms with Gasteiger partial charge in [0.2, 0.25) is 5.16 Å². The van der Waals surface area contributed by atoms with Gasteiger partial charge in [-0.2, -0.15) is 0 Å². The Bertz CT molecular complexity index is 403. The van der Waals surface area contributed by atoms with E-state index in [-0.39, 0.29) is 0 Å². The second kappa shape index (κ2) is 6.22. The van der Waals surface area contributed by atoms with E-state index in [1.54, 1.807) is 0 Å². The number of hydrogen-bond acceptors (Lipinski definition) is 5. The summed E-state index contributed by atoms with van der Waals surface area (Å²) in [5.41, 5.74) is 0. The van der Waals surface area contributed by atoms with Crippen LogP contribution in [0.25, 0.3) is 0 Å². The zero-order chi connectivity index (χ0) is 13.1. The second-order valence-electron chi connectivity index (χ2n) is 5.69. The van der Waals surface area contributed by atoms with Gasteiger partial charge in [-0.15, -0.1) is 5.10 Å². The van der Waals surface area contributed by atoms with E-state index in [0.717, 1.165) is 11.7 Å². The molecule has 2 unspecified atom stereocenters. The summed E-state index contributed by atoms with van der Waals surface area (Å²) in [6, 6.07) is 1.27. The van der Waals surface area contributed by atoms with Gasteiger partial charge in [-0.25, -0.2) is 4.68 Å². The first-order valence-corrected chi connectivity index (χ1v) is 8.42. The highest BCUT2D eigenvalue weighted by Crippen LogP contribution is 2.39. The molecule has 5 nitrogen and oxygen atoms in total. The Morgan fingerprint density at radius 2 is 2.21 bits per heavy atom. The molecular weight excluding hydrogens is 258 g/mol. The molecule has 2 atom stereocenters. The predicted octanol–water partition coefficient (Wildman–Crippen LogP) is 2.41.